The first kappa shape index (κ1) is 6.80. The molecular formula is C6H8N2O2. The molecule has 0 amide bonds. The predicted octanol–water partition coefficient (Wildman–Crippen LogP) is 0.427. The van der Waals surface area contributed by atoms with Crippen LogP contribution in [0.4, 0.5) is 0 Å². The minimum absolute atomic E-state index is 0.0810. The van der Waals surface area contributed by atoms with Gasteiger partial charge in [-0.2, -0.15) is 0 Å². The van der Waals surface area contributed by atoms with E-state index < -0.39 is 5.97 Å². The highest BCUT2D eigenvalue weighted by molar-refractivity contribution is 5.83. The summed E-state index contributed by atoms with van der Waals surface area (Å²) >= 11 is 0. The fraction of sp³-hybridized carbons (Fsp3) is 0.333. The van der Waals surface area contributed by atoms with Gasteiger partial charge in [-0.25, -0.2) is 9.78 Å². The second-order valence-electron chi connectivity index (χ2n) is 2.12. The number of carboxylic acids is 1. The topological polar surface area (TPSA) is 55.1 Å². The summed E-state index contributed by atoms with van der Waals surface area (Å²) in [6.07, 6.45) is 1.67. The van der Waals surface area contributed by atoms with Crippen LogP contribution in [0.2, 0.25) is 0 Å². The second-order valence-corrected chi connectivity index (χ2v) is 2.12. The number of rotatable bonds is 1. The van der Waals surface area contributed by atoms with E-state index in [1.165, 1.54) is 4.57 Å². The first-order valence-electron chi connectivity index (χ1n) is 2.84. The van der Waals surface area contributed by atoms with Crippen LogP contribution in [0.15, 0.2) is 6.20 Å². The van der Waals surface area contributed by atoms with Crippen LogP contribution in [0.25, 0.3) is 0 Å². The van der Waals surface area contributed by atoms with Gasteiger partial charge in [-0.05, 0) is 6.92 Å². The Bertz CT molecular complexity index is 265. The molecule has 0 aliphatic carbocycles. The van der Waals surface area contributed by atoms with E-state index in [9.17, 15) is 4.79 Å². The van der Waals surface area contributed by atoms with Crippen LogP contribution in [0.1, 0.15) is 16.3 Å². The van der Waals surface area contributed by atoms with E-state index in [1.54, 1.807) is 20.2 Å². The Hall–Kier alpha value is -1.32. The molecule has 0 aliphatic rings. The van der Waals surface area contributed by atoms with Gasteiger partial charge in [-0.15, -0.1) is 0 Å². The molecule has 0 spiro atoms. The third-order valence-corrected chi connectivity index (χ3v) is 1.19. The average molecular weight is 140 g/mol. The highest BCUT2D eigenvalue weighted by atomic mass is 16.4. The summed E-state index contributed by atoms with van der Waals surface area (Å²) in [5.41, 5.74) is 0.722. The minimum Gasteiger partial charge on any atom is -0.475 e. The third kappa shape index (κ3) is 1.00. The number of hydrogen-bond acceptors (Lipinski definition) is 2. The molecule has 0 bridgehead atoms. The van der Waals surface area contributed by atoms with E-state index in [4.69, 9.17) is 5.11 Å². The SMILES string of the molecule is Cc1cn(C)c(C(=O)O)n1. The van der Waals surface area contributed by atoms with Crippen molar-refractivity contribution in [3.8, 4) is 0 Å². The summed E-state index contributed by atoms with van der Waals surface area (Å²) in [5, 5.41) is 8.50. The summed E-state index contributed by atoms with van der Waals surface area (Å²) < 4.78 is 1.48. The number of nitrogens with zero attached hydrogens (tertiary/aromatic N) is 2. The number of hydrogen-bond donors (Lipinski definition) is 1. The van der Waals surface area contributed by atoms with E-state index in [2.05, 4.69) is 4.98 Å². The van der Waals surface area contributed by atoms with Crippen molar-refractivity contribution in [3.05, 3.63) is 17.7 Å². The van der Waals surface area contributed by atoms with E-state index in [0.717, 1.165) is 5.69 Å². The summed E-state index contributed by atoms with van der Waals surface area (Å²) in [7, 11) is 1.66. The van der Waals surface area contributed by atoms with E-state index >= 15 is 0 Å². The number of carboxylic acid groups (broad SMARTS) is 1. The van der Waals surface area contributed by atoms with Crippen LogP contribution < -0.4 is 0 Å². The number of imidazole rings is 1. The molecule has 1 aromatic rings. The molecule has 54 valence electrons. The van der Waals surface area contributed by atoms with Crippen molar-refractivity contribution >= 4 is 5.97 Å². The Kier molecular flexibility index (Phi) is 1.45. The van der Waals surface area contributed by atoms with E-state index in [0.29, 0.717) is 0 Å². The summed E-state index contributed by atoms with van der Waals surface area (Å²) in [6.45, 7) is 1.76. The standard InChI is InChI=1S/C6H8N2O2/c1-4-3-8(2)5(7-4)6(9)10/h3H,1-2H3,(H,9,10). The molecule has 4 heteroatoms. The van der Waals surface area contributed by atoms with Gasteiger partial charge in [0, 0.05) is 13.2 Å². The Balaban J connectivity index is 3.15. The zero-order valence-corrected chi connectivity index (χ0v) is 5.83. The van der Waals surface area contributed by atoms with Crippen molar-refractivity contribution in [3.63, 3.8) is 0 Å². The molecule has 0 unspecified atom stereocenters. The lowest BCUT2D eigenvalue weighted by molar-refractivity contribution is 0.0679. The smallest absolute Gasteiger partial charge is 0.372 e. The molecule has 0 saturated carbocycles. The predicted molar refractivity (Wildman–Crippen MR) is 34.9 cm³/mol. The lowest BCUT2D eigenvalue weighted by Gasteiger charge is -1.90. The molecule has 10 heavy (non-hydrogen) atoms. The Morgan fingerprint density at radius 1 is 1.80 bits per heavy atom. The van der Waals surface area contributed by atoms with E-state index in [-0.39, 0.29) is 5.82 Å². The molecule has 4 nitrogen and oxygen atoms in total. The van der Waals surface area contributed by atoms with Crippen LogP contribution in [0.3, 0.4) is 0 Å². The Morgan fingerprint density at radius 3 is 2.60 bits per heavy atom. The molecule has 0 fully saturated rings. The van der Waals surface area contributed by atoms with Crippen LogP contribution in [0, 0.1) is 6.92 Å². The maximum absolute atomic E-state index is 10.4. The lowest BCUT2D eigenvalue weighted by Crippen LogP contribution is -2.04. The highest BCUT2D eigenvalue weighted by Gasteiger charge is 2.08. The highest BCUT2D eigenvalue weighted by Crippen LogP contribution is 1.98. The minimum atomic E-state index is -0.990. The van der Waals surface area contributed by atoms with E-state index in [1.807, 2.05) is 0 Å². The fourth-order valence-corrected chi connectivity index (χ4v) is 0.815. The second kappa shape index (κ2) is 2.13. The van der Waals surface area contributed by atoms with Crippen molar-refractivity contribution in [1.29, 1.82) is 0 Å². The van der Waals surface area contributed by atoms with Crippen molar-refractivity contribution < 1.29 is 9.90 Å². The first-order valence-corrected chi connectivity index (χ1v) is 2.84. The van der Waals surface area contributed by atoms with Gasteiger partial charge in [-0.3, -0.25) is 0 Å². The lowest BCUT2D eigenvalue weighted by atomic mass is 10.6. The zero-order valence-electron chi connectivity index (χ0n) is 5.83. The molecule has 1 rings (SSSR count). The molecule has 0 aromatic carbocycles. The molecule has 1 heterocycles. The van der Waals surface area contributed by atoms with Crippen molar-refractivity contribution in [2.75, 3.05) is 0 Å². The van der Waals surface area contributed by atoms with Gasteiger partial charge in [-0.1, -0.05) is 0 Å². The van der Waals surface area contributed by atoms with Gasteiger partial charge in [0.25, 0.3) is 0 Å². The van der Waals surface area contributed by atoms with Crippen molar-refractivity contribution in [2.24, 2.45) is 7.05 Å². The Labute approximate surface area is 58.1 Å². The Morgan fingerprint density at radius 2 is 2.40 bits per heavy atom. The molecule has 1 N–H and O–H groups in total. The molecule has 0 atom stereocenters. The number of aryl methyl sites for hydroxylation is 2. The van der Waals surface area contributed by atoms with Gasteiger partial charge in [0.1, 0.15) is 0 Å². The van der Waals surface area contributed by atoms with Gasteiger partial charge in [0.15, 0.2) is 0 Å². The number of aromatic nitrogens is 2. The first-order chi connectivity index (χ1) is 4.61. The van der Waals surface area contributed by atoms with Crippen LogP contribution in [-0.2, 0) is 7.05 Å². The molecule has 0 radical (unpaired) electrons. The van der Waals surface area contributed by atoms with Gasteiger partial charge < -0.3 is 9.67 Å². The maximum atomic E-state index is 10.4. The number of aromatic carboxylic acids is 1. The zero-order chi connectivity index (χ0) is 7.72. The maximum Gasteiger partial charge on any atom is 0.372 e. The summed E-state index contributed by atoms with van der Waals surface area (Å²) in [5.74, 6) is -0.909. The molecule has 1 aromatic heterocycles. The monoisotopic (exact) mass is 140 g/mol. The molecule has 0 saturated heterocycles. The van der Waals surface area contributed by atoms with Crippen molar-refractivity contribution in [2.45, 2.75) is 6.92 Å². The van der Waals surface area contributed by atoms with Crippen molar-refractivity contribution in [1.82, 2.24) is 9.55 Å². The van der Waals surface area contributed by atoms with Crippen LogP contribution >= 0.6 is 0 Å². The molecule has 0 aliphatic heterocycles. The summed E-state index contributed by atoms with van der Waals surface area (Å²) in [6, 6.07) is 0. The molecular weight excluding hydrogens is 132 g/mol. The summed E-state index contributed by atoms with van der Waals surface area (Å²) in [4.78, 5) is 14.1. The fourth-order valence-electron chi connectivity index (χ4n) is 0.815. The normalized spacial score (nSPS) is 9.80. The quantitative estimate of drug-likeness (QED) is 0.615. The third-order valence-electron chi connectivity index (χ3n) is 1.19. The van der Waals surface area contributed by atoms with Gasteiger partial charge in [0.2, 0.25) is 5.82 Å². The van der Waals surface area contributed by atoms with Crippen LogP contribution in [-0.4, -0.2) is 20.6 Å². The van der Waals surface area contributed by atoms with Gasteiger partial charge in [0.05, 0.1) is 5.69 Å². The average Bonchev–Trinajstić information content (AvgIpc) is 2.10. The number of carbonyl (C=O) groups is 1. The van der Waals surface area contributed by atoms with Gasteiger partial charge >= 0.3 is 5.97 Å². The largest absolute Gasteiger partial charge is 0.475 e. The van der Waals surface area contributed by atoms with Crippen LogP contribution in [0.5, 0.6) is 0 Å².